The van der Waals surface area contributed by atoms with E-state index < -0.39 is 74.4 Å². The first-order valence-corrected chi connectivity index (χ1v) is 13.4. The third-order valence-corrected chi connectivity index (χ3v) is 11.8. The molecule has 0 aromatic heterocycles. The minimum absolute atomic E-state index is 0.515. The van der Waals surface area contributed by atoms with Crippen molar-refractivity contribution in [2.75, 3.05) is 0 Å². The third-order valence-electron chi connectivity index (χ3n) is 11.8. The molecular formula is C29H54N2O6. The fourth-order valence-electron chi connectivity index (χ4n) is 6.63. The molecule has 2 heterocycles. The normalized spacial score (nSPS) is 29.9. The fourth-order valence-corrected chi connectivity index (χ4v) is 6.63. The lowest BCUT2D eigenvalue weighted by atomic mass is 9.53. The molecule has 2 saturated heterocycles. The van der Waals surface area contributed by atoms with Gasteiger partial charge in [-0.1, -0.05) is 55.4 Å². The summed E-state index contributed by atoms with van der Waals surface area (Å²) in [5.41, 5.74) is -5.36. The lowest BCUT2D eigenvalue weighted by Gasteiger charge is -2.67. The van der Waals surface area contributed by atoms with E-state index >= 15 is 0 Å². The topological polar surface area (TPSA) is 99.5 Å². The standard InChI is InChI=1S/C29H54N2O6/c1-22(2)20(23(3,4)27(11,12)30(34)26(22,9)10)36-18(32)17-19(33)37-21-24(5,6)28(13,14)31(35)29(15,16)25(21,7)8/h20-21,34-35H,17H2,1-16H3. The van der Waals surface area contributed by atoms with E-state index in [9.17, 15) is 20.0 Å². The molecular weight excluding hydrogens is 472 g/mol. The minimum Gasteiger partial charge on any atom is -0.461 e. The van der Waals surface area contributed by atoms with Crippen LogP contribution in [0.2, 0.25) is 0 Å². The number of nitrogens with zero attached hydrogens (tertiary/aromatic N) is 2. The molecule has 0 radical (unpaired) electrons. The highest BCUT2D eigenvalue weighted by Gasteiger charge is 2.68. The van der Waals surface area contributed by atoms with E-state index in [1.807, 2.05) is 111 Å². The molecule has 2 aliphatic rings. The van der Waals surface area contributed by atoms with Crippen LogP contribution in [0, 0.1) is 21.7 Å². The summed E-state index contributed by atoms with van der Waals surface area (Å²) < 4.78 is 12.2. The molecule has 0 aromatic rings. The maximum atomic E-state index is 13.2. The smallest absolute Gasteiger partial charge is 0.317 e. The summed E-state index contributed by atoms with van der Waals surface area (Å²) in [5.74, 6) is -1.30. The molecule has 8 heteroatoms. The molecule has 0 unspecified atom stereocenters. The predicted octanol–water partition coefficient (Wildman–Crippen LogP) is 5.83. The van der Waals surface area contributed by atoms with Crippen LogP contribution < -0.4 is 0 Å². The highest BCUT2D eigenvalue weighted by Crippen LogP contribution is 2.59. The van der Waals surface area contributed by atoms with Crippen molar-refractivity contribution in [2.45, 2.75) is 152 Å². The Kier molecular flexibility index (Phi) is 7.47. The molecule has 0 amide bonds. The molecule has 2 N–H and O–H groups in total. The maximum Gasteiger partial charge on any atom is 0.317 e. The number of carbonyl (C=O) groups is 2. The second-order valence-corrected chi connectivity index (χ2v) is 15.7. The van der Waals surface area contributed by atoms with Crippen LogP contribution in [0.15, 0.2) is 0 Å². The van der Waals surface area contributed by atoms with Crippen molar-refractivity contribution in [2.24, 2.45) is 21.7 Å². The highest BCUT2D eigenvalue weighted by molar-refractivity contribution is 5.91. The van der Waals surface area contributed by atoms with Gasteiger partial charge in [0.25, 0.3) is 0 Å². The molecule has 0 aromatic carbocycles. The van der Waals surface area contributed by atoms with Gasteiger partial charge in [-0.15, -0.1) is 0 Å². The van der Waals surface area contributed by atoms with Gasteiger partial charge in [0.05, 0.1) is 0 Å². The van der Waals surface area contributed by atoms with Crippen LogP contribution in [-0.4, -0.2) is 66.8 Å². The van der Waals surface area contributed by atoms with E-state index in [0.717, 1.165) is 0 Å². The maximum absolute atomic E-state index is 13.2. The van der Waals surface area contributed by atoms with Crippen LogP contribution in [0.1, 0.15) is 117 Å². The number of hydroxylamine groups is 4. The summed E-state index contributed by atoms with van der Waals surface area (Å²) in [5, 5.41) is 25.0. The van der Waals surface area contributed by atoms with E-state index in [1.54, 1.807) is 0 Å². The first kappa shape index (κ1) is 32.0. The first-order valence-electron chi connectivity index (χ1n) is 13.4. The molecule has 0 aliphatic carbocycles. The van der Waals surface area contributed by atoms with Crippen LogP contribution in [0.5, 0.6) is 0 Å². The Morgan fingerprint density at radius 1 is 0.514 bits per heavy atom. The number of hydrogen-bond acceptors (Lipinski definition) is 8. The minimum atomic E-state index is -0.707. The number of esters is 2. The zero-order valence-corrected chi connectivity index (χ0v) is 26.3. The van der Waals surface area contributed by atoms with Crippen molar-refractivity contribution < 1.29 is 29.5 Å². The van der Waals surface area contributed by atoms with Crippen molar-refractivity contribution in [3.8, 4) is 0 Å². The van der Waals surface area contributed by atoms with E-state index in [2.05, 4.69) is 0 Å². The molecule has 2 fully saturated rings. The predicted molar refractivity (Wildman–Crippen MR) is 143 cm³/mol. The van der Waals surface area contributed by atoms with Crippen LogP contribution in [0.4, 0.5) is 0 Å². The van der Waals surface area contributed by atoms with E-state index in [0.29, 0.717) is 0 Å². The quantitative estimate of drug-likeness (QED) is 0.349. The summed E-state index contributed by atoms with van der Waals surface area (Å²) in [6.45, 7) is 31.2. The summed E-state index contributed by atoms with van der Waals surface area (Å²) in [7, 11) is 0. The summed E-state index contributed by atoms with van der Waals surface area (Å²) >= 11 is 0. The largest absolute Gasteiger partial charge is 0.461 e. The Labute approximate surface area is 225 Å². The number of rotatable bonds is 4. The lowest BCUT2D eigenvalue weighted by Crippen LogP contribution is -2.76. The Bertz CT molecular complexity index is 799. The van der Waals surface area contributed by atoms with Gasteiger partial charge in [-0.2, -0.15) is 10.1 Å². The van der Waals surface area contributed by atoms with Gasteiger partial charge in [0.2, 0.25) is 0 Å². The van der Waals surface area contributed by atoms with Gasteiger partial charge in [-0.3, -0.25) is 9.59 Å². The third kappa shape index (κ3) is 4.16. The highest BCUT2D eigenvalue weighted by atomic mass is 16.6. The Morgan fingerprint density at radius 2 is 0.703 bits per heavy atom. The Morgan fingerprint density at radius 3 is 0.892 bits per heavy atom. The first-order chi connectivity index (χ1) is 16.1. The van der Waals surface area contributed by atoms with Gasteiger partial charge in [-0.05, 0) is 55.4 Å². The Balaban J connectivity index is 2.32. The molecule has 0 bridgehead atoms. The van der Waals surface area contributed by atoms with Crippen LogP contribution in [-0.2, 0) is 19.1 Å². The van der Waals surface area contributed by atoms with Crippen molar-refractivity contribution in [1.82, 2.24) is 10.1 Å². The number of ether oxygens (including phenoxy) is 2. The van der Waals surface area contributed by atoms with Gasteiger partial charge in [0.15, 0.2) is 0 Å². The summed E-state index contributed by atoms with van der Waals surface area (Å²) in [4.78, 5) is 26.4. The van der Waals surface area contributed by atoms with Gasteiger partial charge in [0, 0.05) is 43.8 Å². The Hall–Kier alpha value is -1.22. The summed E-state index contributed by atoms with van der Waals surface area (Å²) in [6, 6.07) is 0. The van der Waals surface area contributed by atoms with Crippen molar-refractivity contribution in [3.63, 3.8) is 0 Å². The molecule has 0 saturated carbocycles. The molecule has 216 valence electrons. The second-order valence-electron chi connectivity index (χ2n) is 15.7. The van der Waals surface area contributed by atoms with E-state index in [1.165, 1.54) is 10.1 Å². The summed E-state index contributed by atoms with van der Waals surface area (Å²) in [6.07, 6.45) is -1.66. The number of hydrogen-bond donors (Lipinski definition) is 2. The molecule has 2 aliphatic heterocycles. The second kappa shape index (κ2) is 8.64. The van der Waals surface area contributed by atoms with Crippen LogP contribution in [0.3, 0.4) is 0 Å². The average Bonchev–Trinajstić information content (AvgIpc) is 2.71. The van der Waals surface area contributed by atoms with Crippen molar-refractivity contribution >= 4 is 11.9 Å². The molecule has 2 rings (SSSR count). The fraction of sp³-hybridized carbons (Fsp3) is 0.931. The monoisotopic (exact) mass is 526 g/mol. The molecule has 0 atom stereocenters. The van der Waals surface area contributed by atoms with Crippen LogP contribution in [0.25, 0.3) is 0 Å². The SMILES string of the molecule is CC1(C)C(OC(=O)CC(=O)OC2C(C)(C)C(C)(C)N(O)C(C)(C)C2(C)C)C(C)(C)C(C)(C)N(O)C1(C)C. The van der Waals surface area contributed by atoms with Gasteiger partial charge in [0.1, 0.15) is 18.6 Å². The van der Waals surface area contributed by atoms with Gasteiger partial charge in [-0.25, -0.2) is 0 Å². The van der Waals surface area contributed by atoms with Crippen molar-refractivity contribution in [3.05, 3.63) is 0 Å². The molecule has 8 nitrogen and oxygen atoms in total. The number of carbonyl (C=O) groups excluding carboxylic acids is 2. The molecule has 0 spiro atoms. The zero-order valence-electron chi connectivity index (χ0n) is 26.3. The van der Waals surface area contributed by atoms with Crippen LogP contribution >= 0.6 is 0 Å². The van der Waals surface area contributed by atoms with Gasteiger partial charge < -0.3 is 19.9 Å². The number of piperidine rings is 2. The zero-order chi connectivity index (χ0) is 29.6. The lowest BCUT2D eigenvalue weighted by molar-refractivity contribution is -0.343. The average molecular weight is 527 g/mol. The molecule has 37 heavy (non-hydrogen) atoms. The van der Waals surface area contributed by atoms with Crippen molar-refractivity contribution in [1.29, 1.82) is 0 Å². The van der Waals surface area contributed by atoms with E-state index in [-0.39, 0.29) is 0 Å². The van der Waals surface area contributed by atoms with Gasteiger partial charge >= 0.3 is 11.9 Å². The van der Waals surface area contributed by atoms with E-state index in [4.69, 9.17) is 9.47 Å².